The van der Waals surface area contributed by atoms with Gasteiger partial charge in [-0.2, -0.15) is 0 Å². The van der Waals surface area contributed by atoms with Gasteiger partial charge in [0.05, 0.1) is 7.18 Å². The van der Waals surface area contributed by atoms with E-state index in [-0.39, 0.29) is 8.33 Å². The Hall–Kier alpha value is -0.440. The fourth-order valence-electron chi connectivity index (χ4n) is 4.82. The topological polar surface area (TPSA) is 31.5 Å². The Morgan fingerprint density at radius 3 is 1.77 bits per heavy atom. The highest BCUT2D eigenvalue weighted by molar-refractivity contribution is 4.89. The minimum atomic E-state index is -0.487. The fourth-order valence-corrected chi connectivity index (χ4v) is 4.82. The van der Waals surface area contributed by atoms with Gasteiger partial charge in [-0.15, -0.1) is 0 Å². The van der Waals surface area contributed by atoms with Crippen LogP contribution < -0.4 is 0 Å². The van der Waals surface area contributed by atoms with E-state index in [1.807, 2.05) is 0 Å². The molecular weight excluding hydrogens is 330 g/mol. The Morgan fingerprint density at radius 1 is 0.692 bits per heavy atom. The summed E-state index contributed by atoms with van der Waals surface area (Å²) in [7, 11) is 0.500. The van der Waals surface area contributed by atoms with Crippen LogP contribution in [0, 0.1) is 23.7 Å². The highest BCUT2D eigenvalue weighted by Gasteiger charge is 2.24. The van der Waals surface area contributed by atoms with Gasteiger partial charge >= 0.3 is 0 Å². The molecule has 2 fully saturated rings. The number of allylic oxidation sites excluding steroid dienone is 2. The number of halogens is 2. The van der Waals surface area contributed by atoms with Crippen LogP contribution in [0.5, 0.6) is 0 Å². The van der Waals surface area contributed by atoms with Crippen molar-refractivity contribution in [2.45, 2.75) is 103 Å². The molecule has 1 nitrogen and oxygen atoms in total. The molecule has 0 radical (unpaired) electrons. The van der Waals surface area contributed by atoms with E-state index in [0.717, 1.165) is 37.0 Å². The molecule has 4 atom stereocenters. The van der Waals surface area contributed by atoms with Crippen LogP contribution in [-0.2, 0) is 0 Å². The molecule has 0 heterocycles. The third-order valence-electron chi connectivity index (χ3n) is 6.42. The molecule has 3 heteroatoms. The molecule has 2 saturated carbocycles. The van der Waals surface area contributed by atoms with Crippen LogP contribution in [0.2, 0.25) is 0 Å². The molecule has 0 spiro atoms. The Kier molecular flexibility index (Phi) is 15.3. The second kappa shape index (κ2) is 15.6. The molecule has 0 aliphatic heterocycles. The highest BCUT2D eigenvalue weighted by Crippen LogP contribution is 2.36. The Bertz CT molecular complexity index is 337. The third-order valence-corrected chi connectivity index (χ3v) is 6.42. The van der Waals surface area contributed by atoms with Crippen molar-refractivity contribution >= 4 is 0 Å². The van der Waals surface area contributed by atoms with Crippen LogP contribution in [0.3, 0.4) is 0 Å². The number of alkyl halides is 2. The summed E-state index contributed by atoms with van der Waals surface area (Å²) >= 11 is 0. The molecular formula is C23H48F2O. The minimum Gasteiger partial charge on any atom is -0.412 e. The Labute approximate surface area is 164 Å². The molecule has 0 saturated heterocycles. The van der Waals surface area contributed by atoms with E-state index < -0.39 is 6.17 Å². The summed E-state index contributed by atoms with van der Waals surface area (Å²) in [5.74, 6) is 3.75. The standard InChI is InChI=1S/C15H26.C7H13F.CH3F.H2O.2H2/c1-13-7-6-10-15(12-11-13)14-8-4-2-3-5-9-14;1-6-3-2-4-7(8)5-6;1-2;;;/h2-3,13-15H,4-12H2,1H3;6-7H,2-5H2,1H3;1H3;1H2;2*1H. The normalized spacial score (nSPS) is 32.5. The lowest BCUT2D eigenvalue weighted by Gasteiger charge is -2.24. The molecule has 0 aromatic carbocycles. The van der Waals surface area contributed by atoms with Crippen molar-refractivity contribution in [1.29, 1.82) is 0 Å². The zero-order chi connectivity index (χ0) is 18.5. The van der Waals surface area contributed by atoms with Crippen LogP contribution in [-0.4, -0.2) is 18.8 Å². The van der Waals surface area contributed by atoms with Gasteiger partial charge in [0.2, 0.25) is 0 Å². The summed E-state index contributed by atoms with van der Waals surface area (Å²) in [6.07, 6.45) is 21.4. The zero-order valence-electron chi connectivity index (χ0n) is 17.5. The number of hydrogen-bond donors (Lipinski definition) is 0. The van der Waals surface area contributed by atoms with Gasteiger partial charge in [0.15, 0.2) is 0 Å². The van der Waals surface area contributed by atoms with Crippen LogP contribution >= 0.6 is 0 Å². The van der Waals surface area contributed by atoms with Crippen LogP contribution in [0.4, 0.5) is 8.78 Å². The lowest BCUT2D eigenvalue weighted by atomic mass is 9.81. The first-order chi connectivity index (χ1) is 12.1. The van der Waals surface area contributed by atoms with Crippen LogP contribution in [0.1, 0.15) is 100 Å². The van der Waals surface area contributed by atoms with Crippen molar-refractivity contribution in [1.82, 2.24) is 0 Å². The van der Waals surface area contributed by atoms with E-state index in [4.69, 9.17) is 0 Å². The molecule has 0 aromatic heterocycles. The van der Waals surface area contributed by atoms with E-state index in [2.05, 4.69) is 26.0 Å². The van der Waals surface area contributed by atoms with E-state index in [9.17, 15) is 8.78 Å². The predicted molar refractivity (Wildman–Crippen MR) is 114 cm³/mol. The first kappa shape index (κ1) is 25.6. The predicted octanol–water partition coefficient (Wildman–Crippen LogP) is 7.74. The molecule has 3 aliphatic rings. The van der Waals surface area contributed by atoms with Gasteiger partial charge in [0.25, 0.3) is 0 Å². The van der Waals surface area contributed by atoms with Gasteiger partial charge in [-0.1, -0.05) is 64.5 Å². The molecule has 160 valence electrons. The van der Waals surface area contributed by atoms with Crippen molar-refractivity contribution in [3.8, 4) is 0 Å². The van der Waals surface area contributed by atoms with Crippen molar-refractivity contribution in [2.75, 3.05) is 7.18 Å². The summed E-state index contributed by atoms with van der Waals surface area (Å²) in [5.41, 5.74) is 0. The Balaban J connectivity index is -0.000000417. The second-order valence-electron chi connectivity index (χ2n) is 8.63. The third kappa shape index (κ3) is 10.6. The molecule has 0 aromatic rings. The molecule has 0 amide bonds. The van der Waals surface area contributed by atoms with Crippen LogP contribution in [0.25, 0.3) is 0 Å². The zero-order valence-corrected chi connectivity index (χ0v) is 17.5. The lowest BCUT2D eigenvalue weighted by Crippen LogP contribution is -2.13. The lowest BCUT2D eigenvalue weighted by molar-refractivity contribution is 0.208. The van der Waals surface area contributed by atoms with Crippen LogP contribution in [0.15, 0.2) is 12.2 Å². The minimum absolute atomic E-state index is 0. The summed E-state index contributed by atoms with van der Waals surface area (Å²) in [6, 6.07) is 0. The average molecular weight is 379 g/mol. The van der Waals surface area contributed by atoms with Gasteiger partial charge in [-0.25, -0.2) is 4.39 Å². The van der Waals surface area contributed by atoms with Gasteiger partial charge in [-0.05, 0) is 68.6 Å². The number of hydrogen-bond acceptors (Lipinski definition) is 0. The summed E-state index contributed by atoms with van der Waals surface area (Å²) < 4.78 is 21.9. The van der Waals surface area contributed by atoms with Gasteiger partial charge < -0.3 is 5.48 Å². The van der Waals surface area contributed by atoms with E-state index in [1.165, 1.54) is 64.2 Å². The Morgan fingerprint density at radius 2 is 1.23 bits per heavy atom. The summed E-state index contributed by atoms with van der Waals surface area (Å²) in [4.78, 5) is 0. The molecule has 26 heavy (non-hydrogen) atoms. The van der Waals surface area contributed by atoms with Crippen molar-refractivity contribution in [2.24, 2.45) is 23.7 Å². The molecule has 0 bridgehead atoms. The molecule has 3 aliphatic carbocycles. The van der Waals surface area contributed by atoms with E-state index in [0.29, 0.717) is 13.1 Å². The molecule has 2 N–H and O–H groups in total. The van der Waals surface area contributed by atoms with E-state index in [1.54, 1.807) is 0 Å². The first-order valence-electron chi connectivity index (χ1n) is 10.8. The maximum absolute atomic E-state index is 12.4. The van der Waals surface area contributed by atoms with Crippen molar-refractivity contribution in [3.05, 3.63) is 12.2 Å². The number of rotatable bonds is 1. The summed E-state index contributed by atoms with van der Waals surface area (Å²) in [6.45, 7) is 4.57. The van der Waals surface area contributed by atoms with Crippen molar-refractivity contribution in [3.63, 3.8) is 0 Å². The first-order valence-corrected chi connectivity index (χ1v) is 10.8. The van der Waals surface area contributed by atoms with Gasteiger partial charge in [-0.3, -0.25) is 4.39 Å². The van der Waals surface area contributed by atoms with Gasteiger partial charge in [0.1, 0.15) is 6.17 Å². The van der Waals surface area contributed by atoms with E-state index >= 15 is 0 Å². The summed E-state index contributed by atoms with van der Waals surface area (Å²) in [5, 5.41) is 0. The quantitative estimate of drug-likeness (QED) is 0.330. The van der Waals surface area contributed by atoms with Gasteiger partial charge in [0, 0.05) is 2.85 Å². The molecule has 3 rings (SSSR count). The monoisotopic (exact) mass is 378 g/mol. The smallest absolute Gasteiger partial charge is 0.100 e. The SMILES string of the molecule is CC1CCCC(C2CCC=CCC2)CC1.CC1CCCC(F)C1.CF.O.[HH].[HH]. The largest absolute Gasteiger partial charge is 0.412 e. The maximum Gasteiger partial charge on any atom is 0.100 e. The highest BCUT2D eigenvalue weighted by atomic mass is 19.1. The average Bonchev–Trinajstić information content (AvgIpc) is 3.00. The second-order valence-corrected chi connectivity index (χ2v) is 8.63. The fraction of sp³-hybridized carbons (Fsp3) is 0.913. The maximum atomic E-state index is 12.4. The van der Waals surface area contributed by atoms with Crippen molar-refractivity contribution < 1.29 is 17.1 Å². The molecule has 4 unspecified atom stereocenters.